The Hall–Kier alpha value is -1.16. The molecule has 0 unspecified atom stereocenters. The lowest BCUT2D eigenvalue weighted by molar-refractivity contribution is -0.644. The summed E-state index contributed by atoms with van der Waals surface area (Å²) >= 11 is 0. The van der Waals surface area contributed by atoms with Gasteiger partial charge in [-0.2, -0.15) is 0 Å². The van der Waals surface area contributed by atoms with Gasteiger partial charge in [-0.15, -0.1) is 0 Å². The van der Waals surface area contributed by atoms with Crippen LogP contribution >= 0.6 is 0 Å². The topological polar surface area (TPSA) is 3.88 Å². The van der Waals surface area contributed by atoms with Gasteiger partial charge in [-0.05, 0) is 29.3 Å². The van der Waals surface area contributed by atoms with Gasteiger partial charge in [0.05, 0.1) is 5.39 Å². The molecule has 0 saturated carbocycles. The van der Waals surface area contributed by atoms with E-state index in [9.17, 15) is 0 Å². The van der Waals surface area contributed by atoms with Crippen molar-refractivity contribution in [1.82, 2.24) is 0 Å². The van der Waals surface area contributed by atoms with E-state index in [1.807, 2.05) is 0 Å². The monoisotopic (exact) mass is 335 g/mol. The molecule has 0 atom stereocenters. The highest BCUT2D eigenvalue weighted by Crippen LogP contribution is 2.25. The Morgan fingerprint density at radius 1 is 0.941 bits per heavy atom. The highest BCUT2D eigenvalue weighted by molar-refractivity contribution is 6.06. The van der Waals surface area contributed by atoms with Crippen molar-refractivity contribution in [1.29, 1.82) is 0 Å². The average molecular weight is 335 g/mol. The number of pyridine rings is 1. The molecule has 2 heteroatoms. The van der Waals surface area contributed by atoms with E-state index in [1.54, 1.807) is 0 Å². The third-order valence-corrected chi connectivity index (χ3v) is 3.23. The van der Waals surface area contributed by atoms with Crippen molar-refractivity contribution < 1.29 is 28.5 Å². The quantitative estimate of drug-likeness (QED) is 0.312. The SMILES string of the molecule is Cc1cc[n+](C)c2ccc3ccccc3c12.[I-]. The lowest BCUT2D eigenvalue weighted by atomic mass is 10.0. The van der Waals surface area contributed by atoms with Crippen molar-refractivity contribution in [2.75, 3.05) is 0 Å². The summed E-state index contributed by atoms with van der Waals surface area (Å²) in [4.78, 5) is 0. The van der Waals surface area contributed by atoms with Crippen LogP contribution in [0, 0.1) is 6.92 Å². The molecule has 1 heterocycles. The van der Waals surface area contributed by atoms with Crippen LogP contribution in [0.3, 0.4) is 0 Å². The summed E-state index contributed by atoms with van der Waals surface area (Å²) in [5.41, 5.74) is 2.63. The molecular formula is C15H14IN. The molecule has 3 rings (SSSR count). The minimum Gasteiger partial charge on any atom is -1.00 e. The van der Waals surface area contributed by atoms with Crippen LogP contribution in [0.25, 0.3) is 21.7 Å². The molecule has 0 spiro atoms. The number of benzene rings is 2. The Balaban J connectivity index is 0.00000108. The fourth-order valence-corrected chi connectivity index (χ4v) is 2.36. The third kappa shape index (κ3) is 1.90. The highest BCUT2D eigenvalue weighted by atomic mass is 127. The average Bonchev–Trinajstić information content (AvgIpc) is 2.33. The third-order valence-electron chi connectivity index (χ3n) is 3.23. The van der Waals surface area contributed by atoms with Crippen LogP contribution in [0.2, 0.25) is 0 Å². The predicted octanol–water partition coefficient (Wildman–Crippen LogP) is 0.130. The molecule has 2 aromatic carbocycles. The smallest absolute Gasteiger partial charge is 0.213 e. The number of rotatable bonds is 0. The summed E-state index contributed by atoms with van der Waals surface area (Å²) in [7, 11) is 2.09. The van der Waals surface area contributed by atoms with E-state index in [-0.39, 0.29) is 24.0 Å². The molecule has 0 bridgehead atoms. The first-order valence-corrected chi connectivity index (χ1v) is 5.54. The summed E-state index contributed by atoms with van der Waals surface area (Å²) in [5, 5.41) is 4.01. The number of hydrogen-bond acceptors (Lipinski definition) is 0. The van der Waals surface area contributed by atoms with Crippen LogP contribution in [-0.2, 0) is 7.05 Å². The van der Waals surface area contributed by atoms with Crippen molar-refractivity contribution >= 4 is 21.7 Å². The molecule has 0 fully saturated rings. The zero-order valence-electron chi connectivity index (χ0n) is 9.94. The second kappa shape index (κ2) is 4.61. The van der Waals surface area contributed by atoms with Gasteiger partial charge >= 0.3 is 0 Å². The van der Waals surface area contributed by atoms with E-state index >= 15 is 0 Å². The maximum atomic E-state index is 2.20. The Morgan fingerprint density at radius 3 is 2.53 bits per heavy atom. The second-order valence-corrected chi connectivity index (χ2v) is 4.29. The summed E-state index contributed by atoms with van der Waals surface area (Å²) in [6, 6.07) is 15.1. The van der Waals surface area contributed by atoms with Crippen LogP contribution in [0.4, 0.5) is 0 Å². The van der Waals surface area contributed by atoms with Gasteiger partial charge in [0.15, 0.2) is 6.20 Å². The summed E-state index contributed by atoms with van der Waals surface area (Å²) in [6.45, 7) is 2.18. The summed E-state index contributed by atoms with van der Waals surface area (Å²) in [5.74, 6) is 0. The Labute approximate surface area is 118 Å². The van der Waals surface area contributed by atoms with E-state index in [0.29, 0.717) is 0 Å². The lowest BCUT2D eigenvalue weighted by Gasteiger charge is -2.04. The summed E-state index contributed by atoms with van der Waals surface area (Å²) < 4.78 is 2.18. The number of aryl methyl sites for hydroxylation is 2. The Morgan fingerprint density at radius 2 is 1.71 bits per heavy atom. The first-order chi connectivity index (χ1) is 7.77. The van der Waals surface area contributed by atoms with Gasteiger partial charge in [0.25, 0.3) is 0 Å². The van der Waals surface area contributed by atoms with Gasteiger partial charge < -0.3 is 24.0 Å². The van der Waals surface area contributed by atoms with Gasteiger partial charge in [0, 0.05) is 12.1 Å². The zero-order chi connectivity index (χ0) is 11.1. The number of fused-ring (bicyclic) bond motifs is 3. The van der Waals surface area contributed by atoms with E-state index in [0.717, 1.165) is 0 Å². The highest BCUT2D eigenvalue weighted by Gasteiger charge is 2.09. The maximum Gasteiger partial charge on any atom is 0.213 e. The Kier molecular flexibility index (Phi) is 3.33. The number of aromatic nitrogens is 1. The maximum absolute atomic E-state index is 2.20. The van der Waals surface area contributed by atoms with E-state index in [2.05, 4.69) is 67.2 Å². The van der Waals surface area contributed by atoms with Crippen molar-refractivity contribution in [3.05, 3.63) is 54.2 Å². The standard InChI is InChI=1S/C15H14N.HI/c1-11-9-10-16(2)14-8-7-12-5-3-4-6-13(12)15(11)14;/h3-10H,1-2H3;1H/q+1;/p-1. The molecule has 1 nitrogen and oxygen atoms in total. The normalized spacial score (nSPS) is 10.5. The zero-order valence-corrected chi connectivity index (χ0v) is 12.1. The van der Waals surface area contributed by atoms with E-state index in [1.165, 1.54) is 27.2 Å². The molecule has 0 aliphatic heterocycles. The predicted molar refractivity (Wildman–Crippen MR) is 67.4 cm³/mol. The van der Waals surface area contributed by atoms with Crippen molar-refractivity contribution in [3.8, 4) is 0 Å². The van der Waals surface area contributed by atoms with Crippen LogP contribution < -0.4 is 28.5 Å². The first-order valence-electron chi connectivity index (χ1n) is 5.54. The van der Waals surface area contributed by atoms with Crippen molar-refractivity contribution in [2.45, 2.75) is 6.92 Å². The number of nitrogens with zero attached hydrogens (tertiary/aromatic N) is 1. The van der Waals surface area contributed by atoms with Crippen LogP contribution in [0.15, 0.2) is 48.7 Å². The molecule has 0 aliphatic rings. The van der Waals surface area contributed by atoms with E-state index in [4.69, 9.17) is 0 Å². The van der Waals surface area contributed by atoms with Gasteiger partial charge in [-0.1, -0.05) is 24.3 Å². The summed E-state index contributed by atoms with van der Waals surface area (Å²) in [6.07, 6.45) is 2.12. The molecule has 0 saturated heterocycles. The van der Waals surface area contributed by atoms with E-state index < -0.39 is 0 Å². The van der Waals surface area contributed by atoms with Crippen LogP contribution in [0.5, 0.6) is 0 Å². The van der Waals surface area contributed by atoms with Gasteiger partial charge in [0.1, 0.15) is 7.05 Å². The number of hydrogen-bond donors (Lipinski definition) is 0. The molecule has 3 aromatic rings. The molecule has 1 aromatic heterocycles. The molecule has 0 radical (unpaired) electrons. The molecule has 0 aliphatic carbocycles. The van der Waals surface area contributed by atoms with Crippen molar-refractivity contribution in [3.63, 3.8) is 0 Å². The van der Waals surface area contributed by atoms with Gasteiger partial charge in [-0.25, -0.2) is 4.57 Å². The van der Waals surface area contributed by atoms with Gasteiger partial charge in [-0.3, -0.25) is 0 Å². The molecular weight excluding hydrogens is 321 g/mol. The molecule has 86 valence electrons. The second-order valence-electron chi connectivity index (χ2n) is 4.29. The molecule has 0 N–H and O–H groups in total. The fourth-order valence-electron chi connectivity index (χ4n) is 2.36. The first kappa shape index (κ1) is 12.3. The lowest BCUT2D eigenvalue weighted by Crippen LogP contribution is -3.00. The largest absolute Gasteiger partial charge is 1.00 e. The van der Waals surface area contributed by atoms with Gasteiger partial charge in [0.2, 0.25) is 5.52 Å². The van der Waals surface area contributed by atoms with Crippen molar-refractivity contribution in [2.24, 2.45) is 7.05 Å². The molecule has 17 heavy (non-hydrogen) atoms. The minimum atomic E-state index is 0. The Bertz CT molecular complexity index is 689. The van der Waals surface area contributed by atoms with Crippen LogP contribution in [-0.4, -0.2) is 0 Å². The molecule has 0 amide bonds. The fraction of sp³-hybridized carbons (Fsp3) is 0.133. The minimum absolute atomic E-state index is 0. The number of halogens is 1. The van der Waals surface area contributed by atoms with Crippen LogP contribution in [0.1, 0.15) is 5.56 Å².